The first-order valence-electron chi connectivity index (χ1n) is 5.10. The molecule has 5 nitrogen and oxygen atoms in total. The number of aliphatic hydroxyl groups is 1. The zero-order valence-electron chi connectivity index (χ0n) is 8.96. The van der Waals surface area contributed by atoms with E-state index in [-0.39, 0.29) is 12.6 Å². The molecule has 0 fully saturated rings. The number of hydrogen-bond donors (Lipinski definition) is 3. The maximum Gasteiger partial charge on any atom is 0.155 e. The summed E-state index contributed by atoms with van der Waals surface area (Å²) in [6.07, 6.45) is 0.670. The van der Waals surface area contributed by atoms with Crippen molar-refractivity contribution < 1.29 is 9.84 Å². The number of halogens is 1. The van der Waals surface area contributed by atoms with Crippen molar-refractivity contribution in [3.05, 3.63) is 11.2 Å². The van der Waals surface area contributed by atoms with Crippen LogP contribution in [0.15, 0.2) is 6.07 Å². The van der Waals surface area contributed by atoms with Crippen LogP contribution in [0.5, 0.6) is 5.75 Å². The number of rotatable bonds is 3. The number of aliphatic hydroxyl groups excluding tert-OH is 1. The lowest BCUT2D eigenvalue weighted by molar-refractivity contribution is 0.280. The molecule has 0 saturated carbocycles. The molecule has 0 saturated heterocycles. The van der Waals surface area contributed by atoms with E-state index in [4.69, 9.17) is 21.4 Å². The number of aromatic nitrogens is 1. The summed E-state index contributed by atoms with van der Waals surface area (Å²) in [5.41, 5.74) is 0.820. The maximum atomic E-state index is 8.88. The van der Waals surface area contributed by atoms with Crippen molar-refractivity contribution in [2.75, 3.05) is 30.9 Å². The van der Waals surface area contributed by atoms with Gasteiger partial charge >= 0.3 is 0 Å². The second-order valence-corrected chi connectivity index (χ2v) is 3.99. The Morgan fingerprint density at radius 3 is 3.19 bits per heavy atom. The summed E-state index contributed by atoms with van der Waals surface area (Å²) in [6, 6.07) is 1.83. The van der Waals surface area contributed by atoms with Crippen LogP contribution >= 0.6 is 11.6 Å². The van der Waals surface area contributed by atoms with Gasteiger partial charge in [-0.05, 0) is 6.42 Å². The number of nitrogens with one attached hydrogen (secondary N) is 2. The Morgan fingerprint density at radius 1 is 1.69 bits per heavy atom. The van der Waals surface area contributed by atoms with E-state index in [0.29, 0.717) is 23.1 Å². The monoisotopic (exact) mass is 243 g/mol. The summed E-state index contributed by atoms with van der Waals surface area (Å²) in [6.45, 7) is 0.875. The van der Waals surface area contributed by atoms with E-state index < -0.39 is 0 Å². The average Bonchev–Trinajstić information content (AvgIpc) is 2.27. The predicted molar refractivity (Wildman–Crippen MR) is 63.4 cm³/mol. The molecule has 6 heteroatoms. The van der Waals surface area contributed by atoms with Gasteiger partial charge in [0.15, 0.2) is 5.82 Å². The van der Waals surface area contributed by atoms with Gasteiger partial charge in [0, 0.05) is 25.3 Å². The molecule has 2 heterocycles. The second-order valence-electron chi connectivity index (χ2n) is 3.61. The average molecular weight is 244 g/mol. The fourth-order valence-electron chi connectivity index (χ4n) is 1.73. The van der Waals surface area contributed by atoms with Crippen molar-refractivity contribution in [3.63, 3.8) is 0 Å². The lowest BCUT2D eigenvalue weighted by Crippen LogP contribution is -2.34. The lowest BCUT2D eigenvalue weighted by Gasteiger charge is -2.28. The van der Waals surface area contributed by atoms with Crippen molar-refractivity contribution in [1.82, 2.24) is 4.98 Å². The number of ether oxygens (including phenoxy) is 1. The largest absolute Gasteiger partial charge is 0.494 e. The highest BCUT2D eigenvalue weighted by Gasteiger charge is 2.21. The third-order valence-electron chi connectivity index (χ3n) is 2.52. The molecule has 1 aromatic heterocycles. The zero-order chi connectivity index (χ0) is 11.5. The smallest absolute Gasteiger partial charge is 0.155 e. The summed E-state index contributed by atoms with van der Waals surface area (Å²) in [4.78, 5) is 4.18. The van der Waals surface area contributed by atoms with Crippen LogP contribution in [-0.2, 0) is 0 Å². The van der Waals surface area contributed by atoms with Crippen molar-refractivity contribution in [2.24, 2.45) is 0 Å². The van der Waals surface area contributed by atoms with Gasteiger partial charge in [-0.25, -0.2) is 4.98 Å². The van der Waals surface area contributed by atoms with E-state index in [1.807, 2.05) is 0 Å². The van der Waals surface area contributed by atoms with Crippen LogP contribution in [0.1, 0.15) is 6.42 Å². The van der Waals surface area contributed by atoms with Crippen molar-refractivity contribution >= 4 is 23.1 Å². The van der Waals surface area contributed by atoms with E-state index in [9.17, 15) is 0 Å². The number of pyridine rings is 1. The van der Waals surface area contributed by atoms with Crippen LogP contribution < -0.4 is 15.4 Å². The molecular weight excluding hydrogens is 230 g/mol. The second kappa shape index (κ2) is 4.76. The van der Waals surface area contributed by atoms with Crippen molar-refractivity contribution in [3.8, 4) is 5.75 Å². The molecule has 0 aromatic carbocycles. The van der Waals surface area contributed by atoms with Gasteiger partial charge in [-0.1, -0.05) is 11.6 Å². The van der Waals surface area contributed by atoms with E-state index in [1.54, 1.807) is 13.2 Å². The van der Waals surface area contributed by atoms with Crippen molar-refractivity contribution in [1.29, 1.82) is 0 Å². The maximum absolute atomic E-state index is 8.88. The van der Waals surface area contributed by atoms with E-state index >= 15 is 0 Å². The first-order chi connectivity index (χ1) is 7.74. The molecule has 3 N–H and O–H groups in total. The third kappa shape index (κ3) is 2.15. The lowest BCUT2D eigenvalue weighted by atomic mass is 10.1. The van der Waals surface area contributed by atoms with Gasteiger partial charge in [0.1, 0.15) is 16.6 Å². The number of anilines is 2. The fraction of sp³-hybridized carbons (Fsp3) is 0.500. The van der Waals surface area contributed by atoms with E-state index in [0.717, 1.165) is 12.2 Å². The normalized spacial score (nSPS) is 18.3. The van der Waals surface area contributed by atoms with Gasteiger partial charge in [0.2, 0.25) is 0 Å². The Balaban J connectivity index is 2.27. The molecule has 0 unspecified atom stereocenters. The Labute approximate surface area is 98.8 Å². The molecule has 0 bridgehead atoms. The van der Waals surface area contributed by atoms with Gasteiger partial charge in [-0.2, -0.15) is 0 Å². The molecular formula is C10H14ClN3O2. The third-order valence-corrected chi connectivity index (χ3v) is 2.71. The topological polar surface area (TPSA) is 66.4 Å². The highest BCUT2D eigenvalue weighted by molar-refractivity contribution is 6.29. The summed E-state index contributed by atoms with van der Waals surface area (Å²) in [5.74, 6) is 1.35. The SMILES string of the molecule is COc1cc(Cl)nc2c1NC[C@H](CCO)N2. The number of hydrogen-bond acceptors (Lipinski definition) is 5. The minimum absolute atomic E-state index is 0.145. The van der Waals surface area contributed by atoms with Gasteiger partial charge in [-0.15, -0.1) is 0 Å². The Morgan fingerprint density at radius 2 is 2.50 bits per heavy atom. The molecule has 0 amide bonds. The zero-order valence-corrected chi connectivity index (χ0v) is 9.71. The van der Waals surface area contributed by atoms with Crippen LogP contribution in [0.25, 0.3) is 0 Å². The summed E-state index contributed by atoms with van der Waals surface area (Å²) in [7, 11) is 1.59. The van der Waals surface area contributed by atoms with Crippen LogP contribution in [0, 0.1) is 0 Å². The molecule has 1 aliphatic heterocycles. The summed E-state index contributed by atoms with van der Waals surface area (Å²) >= 11 is 5.88. The van der Waals surface area contributed by atoms with E-state index in [1.165, 1.54) is 0 Å². The minimum Gasteiger partial charge on any atom is -0.494 e. The van der Waals surface area contributed by atoms with Crippen LogP contribution in [-0.4, -0.2) is 36.4 Å². The Hall–Kier alpha value is -1.20. The molecule has 1 aliphatic rings. The van der Waals surface area contributed by atoms with Crippen LogP contribution in [0.4, 0.5) is 11.5 Å². The molecule has 0 aliphatic carbocycles. The number of methoxy groups -OCH3 is 1. The van der Waals surface area contributed by atoms with Gasteiger partial charge < -0.3 is 20.5 Å². The van der Waals surface area contributed by atoms with Gasteiger partial charge in [-0.3, -0.25) is 0 Å². The van der Waals surface area contributed by atoms with Crippen LogP contribution in [0.3, 0.4) is 0 Å². The molecule has 16 heavy (non-hydrogen) atoms. The van der Waals surface area contributed by atoms with Crippen LogP contribution in [0.2, 0.25) is 5.15 Å². The number of nitrogens with zero attached hydrogens (tertiary/aromatic N) is 1. The molecule has 0 spiro atoms. The molecule has 1 aromatic rings. The highest BCUT2D eigenvalue weighted by Crippen LogP contribution is 2.36. The number of fused-ring (bicyclic) bond motifs is 1. The summed E-state index contributed by atoms with van der Waals surface area (Å²) in [5, 5.41) is 15.7. The first kappa shape index (κ1) is 11.3. The van der Waals surface area contributed by atoms with Gasteiger partial charge in [0.05, 0.1) is 7.11 Å². The first-order valence-corrected chi connectivity index (χ1v) is 5.48. The Bertz CT molecular complexity index is 387. The standard InChI is InChI=1S/C10H14ClN3O2/c1-16-7-4-8(11)14-10-9(7)12-5-6(13-10)2-3-15/h4,6,12,15H,2-3,5H2,1H3,(H,13,14)/t6-/m0/s1. The highest BCUT2D eigenvalue weighted by atomic mass is 35.5. The van der Waals surface area contributed by atoms with E-state index in [2.05, 4.69) is 15.6 Å². The molecule has 1 atom stereocenters. The summed E-state index contributed by atoms with van der Waals surface area (Å²) < 4.78 is 5.21. The Kier molecular flexibility index (Phi) is 3.36. The van der Waals surface area contributed by atoms with Gasteiger partial charge in [0.25, 0.3) is 0 Å². The molecule has 2 rings (SSSR count). The minimum atomic E-state index is 0.145. The fourth-order valence-corrected chi connectivity index (χ4v) is 1.91. The predicted octanol–water partition coefficient (Wildman–Crippen LogP) is 1.33. The quantitative estimate of drug-likeness (QED) is 0.699. The van der Waals surface area contributed by atoms with Crippen molar-refractivity contribution in [2.45, 2.75) is 12.5 Å². The molecule has 88 valence electrons. The molecule has 0 radical (unpaired) electrons.